The van der Waals surface area contributed by atoms with E-state index in [1.54, 1.807) is 168 Å². The Labute approximate surface area is 679 Å². The third-order valence-electron chi connectivity index (χ3n) is 15.9. The molecule has 0 atom stereocenters. The zero-order valence-electron chi connectivity index (χ0n) is 65.8. The number of hydrogen-bond acceptors (Lipinski definition) is 21. The number of rotatable bonds is 23. The molecule has 116 heavy (non-hydrogen) atoms. The first kappa shape index (κ1) is 87.5. The molecule has 27 nitrogen and oxygen atoms in total. The van der Waals surface area contributed by atoms with Crippen molar-refractivity contribution in [3.63, 3.8) is 0 Å². The topological polar surface area (TPSA) is 367 Å². The highest BCUT2D eigenvalue weighted by Gasteiger charge is 2.31. The molecule has 0 spiro atoms. The first-order valence-corrected chi connectivity index (χ1v) is 42.6. The molecule has 0 saturated carbocycles. The molecule has 0 fully saturated rings. The van der Waals surface area contributed by atoms with Crippen LogP contribution in [-0.4, -0.2) is 114 Å². The monoisotopic (exact) mass is 1670 g/mol. The predicted octanol–water partition coefficient (Wildman–Crippen LogP) is 16.6. The third kappa shape index (κ3) is 25.3. The molecule has 32 heteroatoms. The van der Waals surface area contributed by atoms with Gasteiger partial charge in [0.15, 0.2) is 9.84 Å². The summed E-state index contributed by atoms with van der Waals surface area (Å²) >= 11 is 1.28. The fourth-order valence-corrected chi connectivity index (χ4v) is 15.3. The van der Waals surface area contributed by atoms with Crippen LogP contribution in [0.1, 0.15) is 72.7 Å². The van der Waals surface area contributed by atoms with E-state index in [4.69, 9.17) is 33.2 Å². The second kappa shape index (κ2) is 37.2. The van der Waals surface area contributed by atoms with Crippen molar-refractivity contribution < 1.29 is 86.0 Å². The summed E-state index contributed by atoms with van der Waals surface area (Å²) in [5.41, 5.74) is 4.84. The minimum atomic E-state index is -4.50. The third-order valence-corrected chi connectivity index (χ3v) is 21.9. The van der Waals surface area contributed by atoms with Crippen LogP contribution in [0.3, 0.4) is 0 Å². The van der Waals surface area contributed by atoms with E-state index in [0.717, 1.165) is 57.2 Å². The van der Waals surface area contributed by atoms with Crippen molar-refractivity contribution in [3.8, 4) is 102 Å². The van der Waals surface area contributed by atoms with Gasteiger partial charge in [0.25, 0.3) is 41.2 Å². The Kier molecular flexibility index (Phi) is 28.1. The summed E-state index contributed by atoms with van der Waals surface area (Å²) in [5.74, 6) is 2.55. The number of anilines is 1. The Morgan fingerprint density at radius 2 is 0.707 bits per heavy atom. The maximum Gasteiger partial charge on any atom is 0.329 e. The number of nitrogens with one attached hydrogen (secondary N) is 7. The van der Waals surface area contributed by atoms with E-state index in [0.29, 0.717) is 45.1 Å². The lowest BCUT2D eigenvalue weighted by Gasteiger charge is -2.21. The minimum Gasteiger partial charge on any atom is -0.497 e. The number of amides is 7. The number of carbonyl (C=O) groups is 4. The van der Waals surface area contributed by atoms with Crippen molar-refractivity contribution in [1.82, 2.24) is 35.1 Å². The van der Waals surface area contributed by atoms with Gasteiger partial charge in [-0.25, -0.2) is 67.2 Å². The standard InChI is InChI=1S/C31H31N3O6S.C28H29N3O6S2.C25H28N2O7S2/c1-31(2,3)33-30(36)34-41(37,38)28-20-23(29(35)32-24-10-6-5-7-11-24)15-18-27(28)40-26-12-8-9-22(19-26)21-13-16-25(39-4)17-14-21;1-28(2,3)30-26(32)31-39(33,34)25-16-20(23-17-38-27(29-23)36-5)11-14-24(25)37-22-8-6-7-19(15-22)18-9-12-21(35-4)13-10-18;1-25(2,3)26-24(28)27-36(31,32)23-16-21(35(5,29)30)13-14-22(23)34-20-8-6-7-18(15-20)17-9-11-19(33-4)12-10-17/h5-20H,1-4H3,(H,32,35)(H2,33,34,36);6-17H,1-5H3,(H2,30,31,32);6-16H,1-5H3,(H2,26,27,28). The van der Waals surface area contributed by atoms with Gasteiger partial charge in [0, 0.05) is 45.1 Å². The SMILES string of the molecule is COc1ccc(-c2cccc(Oc3ccc(-c4csc(OC)n4)cc3S(=O)(=O)NC(=O)NC(C)(C)C)c2)cc1.COc1ccc(-c2cccc(Oc3ccc(C(=O)Nc4ccccc4)cc3S(=O)(=O)NC(=O)NC(C)(C)C)c2)cc1.COc1ccc(-c2cccc(Oc3ccc(S(C)(=O)=O)cc3S(=O)(=O)NC(=O)NC(C)(C)C)c2)cc1. The Morgan fingerprint density at radius 3 is 1.06 bits per heavy atom. The van der Waals surface area contributed by atoms with Crippen molar-refractivity contribution in [2.45, 2.75) is 98.5 Å². The molecule has 11 rings (SSSR count). The molecule has 0 aliphatic rings. The largest absolute Gasteiger partial charge is 0.497 e. The smallest absolute Gasteiger partial charge is 0.329 e. The number of benzene rings is 10. The molecule has 0 bridgehead atoms. The first-order valence-electron chi connectivity index (χ1n) is 35.4. The molecule has 11 aromatic rings. The molecule has 0 unspecified atom stereocenters. The van der Waals surface area contributed by atoms with Crippen molar-refractivity contribution >= 4 is 80.9 Å². The number of carbonyl (C=O) groups excluding carboxylic acids is 4. The number of urea groups is 3. The number of ether oxygens (including phenoxy) is 7. The predicted molar refractivity (Wildman–Crippen MR) is 446 cm³/mol. The Morgan fingerprint density at radius 1 is 0.353 bits per heavy atom. The van der Waals surface area contributed by atoms with Gasteiger partial charge in [-0.15, -0.1) is 0 Å². The van der Waals surface area contributed by atoms with Gasteiger partial charge >= 0.3 is 18.1 Å². The van der Waals surface area contributed by atoms with Gasteiger partial charge in [-0.2, -0.15) is 0 Å². The maximum atomic E-state index is 13.4. The average molecular weight is 1670 g/mol. The van der Waals surface area contributed by atoms with Crippen LogP contribution < -0.4 is 68.6 Å². The van der Waals surface area contributed by atoms with Crippen molar-refractivity contribution in [3.05, 3.63) is 241 Å². The van der Waals surface area contributed by atoms with Gasteiger partial charge in [0.05, 0.1) is 39.0 Å². The summed E-state index contributed by atoms with van der Waals surface area (Å²) in [5, 5.41) is 12.6. The number of methoxy groups -OCH3 is 4. The lowest BCUT2D eigenvalue weighted by atomic mass is 10.1. The molecule has 1 heterocycles. The number of thiazole rings is 1. The van der Waals surface area contributed by atoms with Crippen molar-refractivity contribution in [1.29, 1.82) is 0 Å². The summed E-state index contributed by atoms with van der Waals surface area (Å²) in [4.78, 5) is 53.2. The molecular formula is C84H88N8O19S5. The summed E-state index contributed by atoms with van der Waals surface area (Å²) < 4.78 is 149. The zero-order valence-corrected chi connectivity index (χ0v) is 69.8. The number of nitrogens with zero attached hydrogens (tertiary/aromatic N) is 1. The molecule has 0 radical (unpaired) electrons. The molecule has 1 aromatic heterocycles. The van der Waals surface area contributed by atoms with E-state index >= 15 is 0 Å². The second-order valence-corrected chi connectivity index (χ2v) is 36.5. The van der Waals surface area contributed by atoms with Gasteiger partial charge in [0.1, 0.15) is 66.4 Å². The molecule has 7 amide bonds. The van der Waals surface area contributed by atoms with E-state index in [1.807, 2.05) is 113 Å². The van der Waals surface area contributed by atoms with Crippen LogP contribution in [0.2, 0.25) is 0 Å². The van der Waals surface area contributed by atoms with Crippen molar-refractivity contribution in [2.75, 3.05) is 40.0 Å². The molecule has 0 aliphatic carbocycles. The fourth-order valence-electron chi connectivity index (χ4n) is 10.7. The van der Waals surface area contributed by atoms with Gasteiger partial charge in [0.2, 0.25) is 0 Å². The molecule has 7 N–H and O–H groups in total. The quantitative estimate of drug-likeness (QED) is 0.0313. The van der Waals surface area contributed by atoms with Crippen LogP contribution in [0.25, 0.3) is 44.6 Å². The Hall–Kier alpha value is -12.5. The van der Waals surface area contributed by atoms with Crippen LogP contribution >= 0.6 is 11.3 Å². The molecule has 608 valence electrons. The minimum absolute atomic E-state index is 0.0453. The van der Waals surface area contributed by atoms with E-state index in [-0.39, 0.29) is 37.5 Å². The summed E-state index contributed by atoms with van der Waals surface area (Å²) in [6.07, 6.45) is 0.956. The van der Waals surface area contributed by atoms with Gasteiger partial charge in [-0.1, -0.05) is 102 Å². The molecule has 0 aliphatic heterocycles. The second-order valence-electron chi connectivity index (χ2n) is 28.7. The fraction of sp³-hybridized carbons (Fsp3) is 0.202. The van der Waals surface area contributed by atoms with Crippen LogP contribution in [0.5, 0.6) is 56.9 Å². The van der Waals surface area contributed by atoms with E-state index in [9.17, 15) is 52.8 Å². The Bertz CT molecular complexity index is 5840. The van der Waals surface area contributed by atoms with Crippen LogP contribution in [0.4, 0.5) is 20.1 Å². The van der Waals surface area contributed by atoms with Crippen molar-refractivity contribution in [2.24, 2.45) is 0 Å². The summed E-state index contributed by atoms with van der Waals surface area (Å²) in [6.45, 7) is 15.5. The Balaban J connectivity index is 0.000000199. The van der Waals surface area contributed by atoms with E-state index in [1.165, 1.54) is 60.9 Å². The number of aromatic nitrogens is 1. The van der Waals surface area contributed by atoms with Gasteiger partial charge in [-0.05, 0) is 235 Å². The highest BCUT2D eigenvalue weighted by molar-refractivity contribution is 7.91. The first-order chi connectivity index (χ1) is 54.6. The lowest BCUT2D eigenvalue weighted by Crippen LogP contribution is -2.48. The summed E-state index contributed by atoms with van der Waals surface area (Å²) in [6, 6.07) is 61.8. The number of hydrogen-bond donors (Lipinski definition) is 7. The zero-order chi connectivity index (χ0) is 84.6. The average Bonchev–Trinajstić information content (AvgIpc) is 1.15. The highest BCUT2D eigenvalue weighted by Crippen LogP contribution is 2.39. The van der Waals surface area contributed by atoms with Crippen LogP contribution in [-0.2, 0) is 39.9 Å². The molecule has 10 aromatic carbocycles. The summed E-state index contributed by atoms with van der Waals surface area (Å²) in [7, 11) is -10.8. The lowest BCUT2D eigenvalue weighted by molar-refractivity contribution is 0.102. The number of sulfone groups is 1. The number of para-hydroxylation sites is 1. The van der Waals surface area contributed by atoms with Crippen LogP contribution in [0.15, 0.2) is 255 Å². The van der Waals surface area contributed by atoms with Gasteiger partial charge in [-0.3, -0.25) is 4.79 Å². The highest BCUT2D eigenvalue weighted by atomic mass is 32.2. The van der Waals surface area contributed by atoms with Gasteiger partial charge < -0.3 is 54.4 Å². The molecular weight excluding hydrogens is 1590 g/mol. The normalized spacial score (nSPS) is 11.6. The molecule has 0 saturated heterocycles. The van der Waals surface area contributed by atoms with E-state index in [2.05, 4.69) is 31.0 Å². The maximum absolute atomic E-state index is 13.4. The number of sulfonamides is 3. The van der Waals surface area contributed by atoms with E-state index < -0.39 is 85.4 Å². The van der Waals surface area contributed by atoms with Crippen LogP contribution in [0, 0.1) is 0 Å².